The molecule has 2 amide bonds. The zero-order valence-corrected chi connectivity index (χ0v) is 14.3. The predicted molar refractivity (Wildman–Crippen MR) is 94.4 cm³/mol. The van der Waals surface area contributed by atoms with Crippen molar-refractivity contribution < 1.29 is 18.4 Å². The molecule has 1 aliphatic heterocycles. The molecule has 4 rings (SSSR count). The summed E-state index contributed by atoms with van der Waals surface area (Å²) in [5.41, 5.74) is 0.447. The van der Waals surface area contributed by atoms with Crippen LogP contribution in [0.25, 0.3) is 0 Å². The second-order valence-corrected chi connectivity index (χ2v) is 6.63. The van der Waals surface area contributed by atoms with Crippen LogP contribution in [-0.4, -0.2) is 28.5 Å². The average Bonchev–Trinajstić information content (AvgIpc) is 3.42. The van der Waals surface area contributed by atoms with E-state index in [0.717, 1.165) is 31.4 Å². The third-order valence-electron chi connectivity index (χ3n) is 4.94. The van der Waals surface area contributed by atoms with Gasteiger partial charge in [0, 0.05) is 6.04 Å². The van der Waals surface area contributed by atoms with Crippen molar-refractivity contribution in [1.29, 1.82) is 0 Å². The molecule has 26 heavy (non-hydrogen) atoms. The zero-order chi connectivity index (χ0) is 17.9. The van der Waals surface area contributed by atoms with E-state index in [1.807, 2.05) is 6.07 Å². The van der Waals surface area contributed by atoms with Crippen LogP contribution in [0, 0.1) is 5.92 Å². The second kappa shape index (κ2) is 7.15. The van der Waals surface area contributed by atoms with Gasteiger partial charge in [0.1, 0.15) is 17.4 Å². The summed E-state index contributed by atoms with van der Waals surface area (Å²) in [5, 5.41) is 0. The number of allylic oxidation sites excluding steroid dienone is 1. The summed E-state index contributed by atoms with van der Waals surface area (Å²) in [7, 11) is 0. The van der Waals surface area contributed by atoms with Crippen molar-refractivity contribution in [2.75, 3.05) is 0 Å². The number of carbonyl (C=O) groups excluding carboxylic acids is 2. The van der Waals surface area contributed by atoms with E-state index in [2.05, 4.69) is 4.99 Å². The van der Waals surface area contributed by atoms with Crippen molar-refractivity contribution in [3.8, 4) is 0 Å². The van der Waals surface area contributed by atoms with Gasteiger partial charge in [0.25, 0.3) is 5.91 Å². The minimum atomic E-state index is -0.885. The van der Waals surface area contributed by atoms with Crippen molar-refractivity contribution in [3.63, 3.8) is 0 Å². The van der Waals surface area contributed by atoms with E-state index < -0.39 is 11.8 Å². The molecule has 1 unspecified atom stereocenters. The van der Waals surface area contributed by atoms with Gasteiger partial charge in [-0.1, -0.05) is 18.9 Å². The molecule has 1 fully saturated rings. The van der Waals surface area contributed by atoms with Crippen LogP contribution in [-0.2, 0) is 16.1 Å². The number of dihydropyridines is 1. The number of hydrogen-bond acceptors (Lipinski definition) is 4. The van der Waals surface area contributed by atoms with E-state index in [-0.39, 0.29) is 11.9 Å². The third kappa shape index (κ3) is 3.27. The molecule has 2 aliphatic rings. The van der Waals surface area contributed by atoms with E-state index in [1.54, 1.807) is 41.5 Å². The molecule has 2 aromatic heterocycles. The monoisotopic (exact) mass is 352 g/mol. The first kappa shape index (κ1) is 16.6. The fraction of sp³-hybridized carbons (Fsp3) is 0.350. The minimum absolute atomic E-state index is 0.143. The van der Waals surface area contributed by atoms with Gasteiger partial charge in [0.05, 0.1) is 19.1 Å². The van der Waals surface area contributed by atoms with Crippen molar-refractivity contribution in [3.05, 3.63) is 60.5 Å². The highest BCUT2D eigenvalue weighted by atomic mass is 16.3. The smallest absolute Gasteiger partial charge is 0.262 e. The standard InChI is InChI=1S/C20H20N2O4/c23-19-16(9-10-17(21-19)18-8-4-12-26-18)20(24)22(14-5-1-2-6-14)13-15-7-3-11-25-15/h3-4,7-12,14,16H,1-2,5-6,13H2. The fourth-order valence-corrected chi connectivity index (χ4v) is 3.60. The van der Waals surface area contributed by atoms with Gasteiger partial charge in [-0.25, -0.2) is 4.99 Å². The Balaban J connectivity index is 1.54. The lowest BCUT2D eigenvalue weighted by Gasteiger charge is -2.30. The molecule has 0 aromatic carbocycles. The van der Waals surface area contributed by atoms with Gasteiger partial charge in [-0.3, -0.25) is 9.59 Å². The highest BCUT2D eigenvalue weighted by Gasteiger charge is 2.35. The first-order chi connectivity index (χ1) is 12.7. The van der Waals surface area contributed by atoms with E-state index in [9.17, 15) is 9.59 Å². The summed E-state index contributed by atoms with van der Waals surface area (Å²) < 4.78 is 10.7. The molecular weight excluding hydrogens is 332 g/mol. The fourth-order valence-electron chi connectivity index (χ4n) is 3.60. The van der Waals surface area contributed by atoms with Gasteiger partial charge in [-0.05, 0) is 43.2 Å². The number of furan rings is 2. The maximum absolute atomic E-state index is 13.1. The molecule has 0 bridgehead atoms. The Morgan fingerprint density at radius 3 is 2.58 bits per heavy atom. The van der Waals surface area contributed by atoms with E-state index >= 15 is 0 Å². The van der Waals surface area contributed by atoms with Gasteiger partial charge in [-0.15, -0.1) is 0 Å². The highest BCUT2D eigenvalue weighted by Crippen LogP contribution is 2.28. The van der Waals surface area contributed by atoms with Crippen molar-refractivity contribution in [1.82, 2.24) is 4.90 Å². The number of aliphatic imine (C=N–C) groups is 1. The number of hydrogen-bond donors (Lipinski definition) is 0. The molecule has 1 saturated carbocycles. The van der Waals surface area contributed by atoms with Crippen molar-refractivity contribution >= 4 is 17.5 Å². The van der Waals surface area contributed by atoms with Crippen LogP contribution in [0.5, 0.6) is 0 Å². The van der Waals surface area contributed by atoms with Gasteiger partial charge in [0.15, 0.2) is 5.76 Å². The molecule has 134 valence electrons. The van der Waals surface area contributed by atoms with Crippen LogP contribution in [0.15, 0.2) is 62.8 Å². The van der Waals surface area contributed by atoms with Crippen LogP contribution < -0.4 is 0 Å². The number of nitrogens with zero attached hydrogens (tertiary/aromatic N) is 2. The summed E-state index contributed by atoms with van der Waals surface area (Å²) in [6.45, 7) is 0.378. The summed E-state index contributed by atoms with van der Waals surface area (Å²) in [4.78, 5) is 31.5. The lowest BCUT2D eigenvalue weighted by Crippen LogP contribution is -2.44. The van der Waals surface area contributed by atoms with Gasteiger partial charge in [0.2, 0.25) is 5.91 Å². The van der Waals surface area contributed by atoms with Gasteiger partial charge >= 0.3 is 0 Å². The first-order valence-corrected chi connectivity index (χ1v) is 8.90. The highest BCUT2D eigenvalue weighted by molar-refractivity contribution is 6.17. The summed E-state index contributed by atoms with van der Waals surface area (Å²) in [6, 6.07) is 7.27. The molecule has 0 N–H and O–H groups in total. The molecule has 6 heteroatoms. The molecule has 0 radical (unpaired) electrons. The lowest BCUT2D eigenvalue weighted by atomic mass is 10.0. The van der Waals surface area contributed by atoms with Crippen LogP contribution in [0.1, 0.15) is 37.2 Å². The Kier molecular flexibility index (Phi) is 4.56. The Morgan fingerprint density at radius 1 is 1.15 bits per heavy atom. The number of carbonyl (C=O) groups is 2. The van der Waals surface area contributed by atoms with E-state index in [0.29, 0.717) is 18.0 Å². The Hall–Kier alpha value is -2.89. The molecular formula is C20H20N2O4. The number of amides is 2. The minimum Gasteiger partial charge on any atom is -0.467 e. The molecule has 1 atom stereocenters. The van der Waals surface area contributed by atoms with E-state index in [4.69, 9.17) is 8.83 Å². The molecule has 6 nitrogen and oxygen atoms in total. The quantitative estimate of drug-likeness (QED) is 0.773. The molecule has 2 aromatic rings. The largest absolute Gasteiger partial charge is 0.467 e. The zero-order valence-electron chi connectivity index (χ0n) is 14.3. The topological polar surface area (TPSA) is 76.0 Å². The van der Waals surface area contributed by atoms with Gasteiger partial charge in [-0.2, -0.15) is 0 Å². The molecule has 1 aliphatic carbocycles. The first-order valence-electron chi connectivity index (χ1n) is 8.90. The second-order valence-electron chi connectivity index (χ2n) is 6.63. The maximum Gasteiger partial charge on any atom is 0.262 e. The van der Waals surface area contributed by atoms with E-state index in [1.165, 1.54) is 6.26 Å². The van der Waals surface area contributed by atoms with Crippen LogP contribution in [0.3, 0.4) is 0 Å². The van der Waals surface area contributed by atoms with Crippen LogP contribution >= 0.6 is 0 Å². The van der Waals surface area contributed by atoms with Crippen molar-refractivity contribution in [2.45, 2.75) is 38.3 Å². The SMILES string of the molecule is O=C1N=C(c2ccco2)C=CC1C(=O)N(Cc1ccco1)C1CCCC1. The third-order valence-corrected chi connectivity index (χ3v) is 4.94. The lowest BCUT2D eigenvalue weighted by molar-refractivity contribution is -0.141. The summed E-state index contributed by atoms with van der Waals surface area (Å²) >= 11 is 0. The Labute approximate surface area is 151 Å². The van der Waals surface area contributed by atoms with Crippen molar-refractivity contribution in [2.24, 2.45) is 10.9 Å². The van der Waals surface area contributed by atoms with Crippen LogP contribution in [0.4, 0.5) is 0 Å². The number of rotatable bonds is 5. The molecule has 0 spiro atoms. The summed E-state index contributed by atoms with van der Waals surface area (Å²) in [5.74, 6) is -0.312. The van der Waals surface area contributed by atoms with Crippen LogP contribution in [0.2, 0.25) is 0 Å². The molecule has 0 saturated heterocycles. The average molecular weight is 352 g/mol. The maximum atomic E-state index is 13.1. The Bertz CT molecular complexity index is 827. The molecule has 3 heterocycles. The summed E-state index contributed by atoms with van der Waals surface area (Å²) in [6.07, 6.45) is 10.5. The van der Waals surface area contributed by atoms with Gasteiger partial charge < -0.3 is 13.7 Å². The predicted octanol–water partition coefficient (Wildman–Crippen LogP) is 3.35. The Morgan fingerprint density at radius 2 is 1.92 bits per heavy atom. The normalized spacial score (nSPS) is 20.4.